The summed E-state index contributed by atoms with van der Waals surface area (Å²) in [6.07, 6.45) is -1.05. The van der Waals surface area contributed by atoms with Gasteiger partial charge in [0.05, 0.1) is 18.3 Å². The van der Waals surface area contributed by atoms with Crippen molar-refractivity contribution in [3.8, 4) is 0 Å². The van der Waals surface area contributed by atoms with Gasteiger partial charge in [0.1, 0.15) is 0 Å². The van der Waals surface area contributed by atoms with Gasteiger partial charge in [-0.25, -0.2) is 0 Å². The topological polar surface area (TPSA) is 60.7 Å². The molecule has 92 valence electrons. The molecule has 0 saturated carbocycles. The van der Waals surface area contributed by atoms with E-state index in [1.807, 2.05) is 34.6 Å². The maximum Gasteiger partial charge on any atom is 0.0640 e. The zero-order valence-electron chi connectivity index (χ0n) is 10.5. The van der Waals surface area contributed by atoms with E-state index >= 15 is 0 Å². The SMILES string of the molecule is CC[C@H](O)[C@H](C)[C@@H](O)[C@@H](C)[C@@H](O)C(C)C. The second-order valence-electron chi connectivity index (χ2n) is 4.92. The van der Waals surface area contributed by atoms with Crippen molar-refractivity contribution in [2.24, 2.45) is 17.8 Å². The minimum atomic E-state index is -0.655. The first kappa shape index (κ1) is 14.9. The molecule has 3 N–H and O–H groups in total. The lowest BCUT2D eigenvalue weighted by Gasteiger charge is -2.32. The highest BCUT2D eigenvalue weighted by Gasteiger charge is 2.31. The molecule has 0 saturated heterocycles. The standard InChI is InChI=1S/C12H26O3/c1-6-10(13)8(4)12(15)9(5)11(14)7(2)3/h7-15H,6H2,1-5H3/t8-,9-,10-,11-,12+/m0/s1. The first-order valence-electron chi connectivity index (χ1n) is 5.87. The van der Waals surface area contributed by atoms with Crippen LogP contribution >= 0.6 is 0 Å². The second-order valence-corrected chi connectivity index (χ2v) is 4.92. The van der Waals surface area contributed by atoms with Gasteiger partial charge in [0, 0.05) is 11.8 Å². The molecule has 5 atom stereocenters. The van der Waals surface area contributed by atoms with Crippen LogP contribution in [0, 0.1) is 17.8 Å². The quantitative estimate of drug-likeness (QED) is 0.631. The molecule has 0 spiro atoms. The van der Waals surface area contributed by atoms with Gasteiger partial charge in [-0.15, -0.1) is 0 Å². The zero-order chi connectivity index (χ0) is 12.2. The highest BCUT2D eigenvalue weighted by Crippen LogP contribution is 2.23. The van der Waals surface area contributed by atoms with E-state index in [2.05, 4.69) is 0 Å². The van der Waals surface area contributed by atoms with Gasteiger partial charge in [-0.2, -0.15) is 0 Å². The van der Waals surface area contributed by atoms with E-state index in [-0.39, 0.29) is 17.8 Å². The Bertz CT molecular complexity index is 170. The van der Waals surface area contributed by atoms with Crippen LogP contribution in [-0.2, 0) is 0 Å². The molecule has 0 aliphatic carbocycles. The van der Waals surface area contributed by atoms with Crippen LogP contribution in [0.25, 0.3) is 0 Å². The molecule has 15 heavy (non-hydrogen) atoms. The van der Waals surface area contributed by atoms with E-state index in [4.69, 9.17) is 0 Å². The third-order valence-corrected chi connectivity index (χ3v) is 3.32. The predicted molar refractivity (Wildman–Crippen MR) is 61.5 cm³/mol. The number of rotatable bonds is 6. The lowest BCUT2D eigenvalue weighted by Crippen LogP contribution is -2.40. The summed E-state index contributed by atoms with van der Waals surface area (Å²) in [5.74, 6) is -0.278. The fraction of sp³-hybridized carbons (Fsp3) is 1.00. The summed E-state index contributed by atoms with van der Waals surface area (Å²) in [6, 6.07) is 0. The molecule has 0 amide bonds. The van der Waals surface area contributed by atoms with E-state index in [0.717, 1.165) is 0 Å². The largest absolute Gasteiger partial charge is 0.393 e. The monoisotopic (exact) mass is 218 g/mol. The van der Waals surface area contributed by atoms with Crippen molar-refractivity contribution < 1.29 is 15.3 Å². The average molecular weight is 218 g/mol. The van der Waals surface area contributed by atoms with Gasteiger partial charge in [0.25, 0.3) is 0 Å². The van der Waals surface area contributed by atoms with E-state index in [0.29, 0.717) is 6.42 Å². The van der Waals surface area contributed by atoms with Gasteiger partial charge >= 0.3 is 0 Å². The lowest BCUT2D eigenvalue weighted by atomic mass is 9.82. The van der Waals surface area contributed by atoms with Crippen LogP contribution in [-0.4, -0.2) is 33.6 Å². The van der Waals surface area contributed by atoms with Crippen LogP contribution in [0.4, 0.5) is 0 Å². The highest BCUT2D eigenvalue weighted by atomic mass is 16.3. The Morgan fingerprint density at radius 1 is 0.800 bits per heavy atom. The molecule has 0 radical (unpaired) electrons. The Labute approximate surface area is 93.1 Å². The Morgan fingerprint density at radius 3 is 1.60 bits per heavy atom. The summed E-state index contributed by atoms with van der Waals surface area (Å²) in [4.78, 5) is 0. The first-order chi connectivity index (χ1) is 6.82. The van der Waals surface area contributed by atoms with E-state index in [9.17, 15) is 15.3 Å². The van der Waals surface area contributed by atoms with E-state index in [1.54, 1.807) is 0 Å². The van der Waals surface area contributed by atoms with Crippen molar-refractivity contribution >= 4 is 0 Å². The minimum absolute atomic E-state index is 0.126. The van der Waals surface area contributed by atoms with Crippen LogP contribution in [0.3, 0.4) is 0 Å². The molecule has 0 aliphatic heterocycles. The van der Waals surface area contributed by atoms with Gasteiger partial charge in [-0.05, 0) is 12.3 Å². The Morgan fingerprint density at radius 2 is 1.27 bits per heavy atom. The summed E-state index contributed by atoms with van der Waals surface area (Å²) >= 11 is 0. The number of hydrogen-bond donors (Lipinski definition) is 3. The molecule has 0 aromatic rings. The van der Waals surface area contributed by atoms with E-state index in [1.165, 1.54) is 0 Å². The van der Waals surface area contributed by atoms with Crippen molar-refractivity contribution in [3.63, 3.8) is 0 Å². The molecule has 3 heteroatoms. The first-order valence-corrected chi connectivity index (χ1v) is 5.87. The second kappa shape index (κ2) is 6.46. The van der Waals surface area contributed by atoms with Crippen molar-refractivity contribution in [1.29, 1.82) is 0 Å². The third kappa shape index (κ3) is 4.09. The smallest absolute Gasteiger partial charge is 0.0640 e. The van der Waals surface area contributed by atoms with Crippen molar-refractivity contribution in [3.05, 3.63) is 0 Å². The maximum atomic E-state index is 9.99. The van der Waals surface area contributed by atoms with Crippen molar-refractivity contribution in [2.75, 3.05) is 0 Å². The molecule has 0 bridgehead atoms. The fourth-order valence-corrected chi connectivity index (χ4v) is 1.89. The zero-order valence-corrected chi connectivity index (χ0v) is 10.5. The molecule has 0 rings (SSSR count). The van der Waals surface area contributed by atoms with Crippen LogP contribution < -0.4 is 0 Å². The Hall–Kier alpha value is -0.120. The van der Waals surface area contributed by atoms with Gasteiger partial charge in [0.2, 0.25) is 0 Å². The molecular weight excluding hydrogens is 192 g/mol. The summed E-state index contributed by atoms with van der Waals surface area (Å²) in [6.45, 7) is 9.39. The highest BCUT2D eigenvalue weighted by molar-refractivity contribution is 4.81. The summed E-state index contributed by atoms with van der Waals surface area (Å²) in [5, 5.41) is 29.4. The predicted octanol–water partition coefficient (Wildman–Crippen LogP) is 1.41. The summed E-state index contributed by atoms with van der Waals surface area (Å²) < 4.78 is 0. The normalized spacial score (nSPS) is 22.2. The lowest BCUT2D eigenvalue weighted by molar-refractivity contribution is -0.0558. The van der Waals surface area contributed by atoms with Gasteiger partial charge in [0.15, 0.2) is 0 Å². The van der Waals surface area contributed by atoms with Crippen LogP contribution in [0.15, 0.2) is 0 Å². The van der Waals surface area contributed by atoms with E-state index < -0.39 is 18.3 Å². The number of aliphatic hydroxyl groups is 3. The van der Waals surface area contributed by atoms with Gasteiger partial charge in [-0.3, -0.25) is 0 Å². The van der Waals surface area contributed by atoms with Gasteiger partial charge in [-0.1, -0.05) is 34.6 Å². The number of hydrogen-bond acceptors (Lipinski definition) is 3. The van der Waals surface area contributed by atoms with Crippen LogP contribution in [0.1, 0.15) is 41.0 Å². The summed E-state index contributed by atoms with van der Waals surface area (Å²) in [7, 11) is 0. The molecule has 0 unspecified atom stereocenters. The molecule has 0 aliphatic rings. The Balaban J connectivity index is 4.36. The average Bonchev–Trinajstić information content (AvgIpc) is 2.23. The number of aliphatic hydroxyl groups excluding tert-OH is 3. The molecule has 0 heterocycles. The molecular formula is C12H26O3. The van der Waals surface area contributed by atoms with Crippen molar-refractivity contribution in [2.45, 2.75) is 59.4 Å². The van der Waals surface area contributed by atoms with Crippen LogP contribution in [0.2, 0.25) is 0 Å². The molecule has 3 nitrogen and oxygen atoms in total. The summed E-state index contributed by atoms with van der Waals surface area (Å²) in [5.41, 5.74) is 0. The fourth-order valence-electron chi connectivity index (χ4n) is 1.89. The van der Waals surface area contributed by atoms with Gasteiger partial charge < -0.3 is 15.3 Å². The van der Waals surface area contributed by atoms with Crippen LogP contribution in [0.5, 0.6) is 0 Å². The third-order valence-electron chi connectivity index (χ3n) is 3.32. The molecule has 0 fully saturated rings. The van der Waals surface area contributed by atoms with Crippen molar-refractivity contribution in [1.82, 2.24) is 0 Å². The maximum absolute atomic E-state index is 9.99. The molecule has 0 aromatic carbocycles. The Kier molecular flexibility index (Phi) is 6.41. The molecule has 0 aromatic heterocycles. The minimum Gasteiger partial charge on any atom is -0.393 e.